The van der Waals surface area contributed by atoms with E-state index in [0.717, 1.165) is 11.3 Å². The molecule has 4 nitrogen and oxygen atoms in total. The topological polar surface area (TPSA) is 59.2 Å². The van der Waals surface area contributed by atoms with Crippen LogP contribution in [0.5, 0.6) is 0 Å². The molecule has 0 unspecified atom stereocenters. The Hall–Kier alpha value is -2.36. The molecule has 0 atom stereocenters. The molecule has 0 aliphatic carbocycles. The number of benzene rings is 1. The van der Waals surface area contributed by atoms with E-state index in [0.29, 0.717) is 24.3 Å². The van der Waals surface area contributed by atoms with Crippen molar-refractivity contribution in [3.8, 4) is 0 Å². The second-order valence-corrected chi connectivity index (χ2v) is 4.75. The number of carbonyl (C=O) groups excluding carboxylic acids is 1. The minimum Gasteiger partial charge on any atom is -0.399 e. The first-order valence-electron chi connectivity index (χ1n) is 6.66. The number of pyridine rings is 1. The molecule has 20 heavy (non-hydrogen) atoms. The number of hydrogen-bond acceptors (Lipinski definition) is 3. The van der Waals surface area contributed by atoms with Gasteiger partial charge in [-0.2, -0.15) is 0 Å². The van der Waals surface area contributed by atoms with Crippen LogP contribution < -0.4 is 5.73 Å². The Morgan fingerprint density at radius 3 is 2.75 bits per heavy atom. The summed E-state index contributed by atoms with van der Waals surface area (Å²) in [5.41, 5.74) is 9.03. The van der Waals surface area contributed by atoms with Crippen LogP contribution in [0.25, 0.3) is 0 Å². The SMILES string of the molecule is CCN(Cc1cccc(N)c1)C(=O)c1ccnc(C)c1. The van der Waals surface area contributed by atoms with Crippen LogP contribution in [0.15, 0.2) is 42.6 Å². The summed E-state index contributed by atoms with van der Waals surface area (Å²) < 4.78 is 0. The number of hydrogen-bond donors (Lipinski definition) is 1. The standard InChI is InChI=1S/C16H19N3O/c1-3-19(11-13-5-4-6-15(17)10-13)16(20)14-7-8-18-12(2)9-14/h4-10H,3,11,17H2,1-2H3. The number of aromatic nitrogens is 1. The van der Waals surface area contributed by atoms with Gasteiger partial charge < -0.3 is 10.6 Å². The van der Waals surface area contributed by atoms with Gasteiger partial charge in [0.05, 0.1) is 0 Å². The Labute approximate surface area is 119 Å². The molecule has 2 aromatic rings. The number of aryl methyl sites for hydroxylation is 1. The van der Waals surface area contributed by atoms with Crippen LogP contribution in [-0.2, 0) is 6.54 Å². The van der Waals surface area contributed by atoms with Crippen LogP contribution in [0.1, 0.15) is 28.5 Å². The van der Waals surface area contributed by atoms with E-state index in [4.69, 9.17) is 5.73 Å². The van der Waals surface area contributed by atoms with Gasteiger partial charge in [-0.25, -0.2) is 0 Å². The lowest BCUT2D eigenvalue weighted by molar-refractivity contribution is 0.0752. The van der Waals surface area contributed by atoms with Crippen LogP contribution in [0.2, 0.25) is 0 Å². The Balaban J connectivity index is 2.18. The summed E-state index contributed by atoms with van der Waals surface area (Å²) in [6.45, 7) is 5.06. The highest BCUT2D eigenvalue weighted by Crippen LogP contribution is 2.12. The largest absolute Gasteiger partial charge is 0.399 e. The third kappa shape index (κ3) is 3.35. The van der Waals surface area contributed by atoms with Gasteiger partial charge >= 0.3 is 0 Å². The summed E-state index contributed by atoms with van der Waals surface area (Å²) >= 11 is 0. The highest BCUT2D eigenvalue weighted by atomic mass is 16.2. The van der Waals surface area contributed by atoms with Gasteiger partial charge in [0.2, 0.25) is 0 Å². The maximum absolute atomic E-state index is 12.5. The number of rotatable bonds is 4. The van der Waals surface area contributed by atoms with Crippen molar-refractivity contribution in [1.29, 1.82) is 0 Å². The lowest BCUT2D eigenvalue weighted by Gasteiger charge is -2.21. The summed E-state index contributed by atoms with van der Waals surface area (Å²) in [5, 5.41) is 0. The van der Waals surface area contributed by atoms with E-state index in [-0.39, 0.29) is 5.91 Å². The molecule has 1 aromatic heterocycles. The van der Waals surface area contributed by atoms with Crippen molar-refractivity contribution in [2.24, 2.45) is 0 Å². The molecule has 0 radical (unpaired) electrons. The van der Waals surface area contributed by atoms with E-state index in [9.17, 15) is 4.79 Å². The Morgan fingerprint density at radius 2 is 2.10 bits per heavy atom. The van der Waals surface area contributed by atoms with Crippen LogP contribution in [0.4, 0.5) is 5.69 Å². The van der Waals surface area contributed by atoms with Crippen LogP contribution >= 0.6 is 0 Å². The lowest BCUT2D eigenvalue weighted by atomic mass is 10.1. The molecular formula is C16H19N3O. The van der Waals surface area contributed by atoms with Crippen molar-refractivity contribution in [1.82, 2.24) is 9.88 Å². The third-order valence-electron chi connectivity index (χ3n) is 3.14. The van der Waals surface area contributed by atoms with E-state index in [2.05, 4.69) is 4.98 Å². The summed E-state index contributed by atoms with van der Waals surface area (Å²) in [5.74, 6) is 0.0143. The van der Waals surface area contributed by atoms with Crippen molar-refractivity contribution in [2.75, 3.05) is 12.3 Å². The zero-order valence-corrected chi connectivity index (χ0v) is 11.8. The monoisotopic (exact) mass is 269 g/mol. The molecule has 1 aromatic carbocycles. The van der Waals surface area contributed by atoms with Crippen LogP contribution in [0.3, 0.4) is 0 Å². The molecule has 0 aliphatic rings. The average molecular weight is 269 g/mol. The predicted molar refractivity (Wildman–Crippen MR) is 80.2 cm³/mol. The number of carbonyl (C=O) groups is 1. The highest BCUT2D eigenvalue weighted by molar-refractivity contribution is 5.94. The molecule has 1 heterocycles. The molecule has 1 amide bonds. The molecule has 0 bridgehead atoms. The molecule has 0 aliphatic heterocycles. The fourth-order valence-electron chi connectivity index (χ4n) is 2.10. The third-order valence-corrected chi connectivity index (χ3v) is 3.14. The van der Waals surface area contributed by atoms with Gasteiger partial charge in [0, 0.05) is 36.2 Å². The molecule has 2 N–H and O–H groups in total. The minimum atomic E-state index is 0.0143. The van der Waals surface area contributed by atoms with Crippen LogP contribution in [0, 0.1) is 6.92 Å². The number of nitrogens with two attached hydrogens (primary N) is 1. The lowest BCUT2D eigenvalue weighted by Crippen LogP contribution is -2.30. The molecular weight excluding hydrogens is 250 g/mol. The molecule has 4 heteroatoms. The molecule has 104 valence electrons. The van der Waals surface area contributed by atoms with Gasteiger partial charge in [0.1, 0.15) is 0 Å². The molecule has 2 rings (SSSR count). The predicted octanol–water partition coefficient (Wildman–Crippen LogP) is 2.63. The van der Waals surface area contributed by atoms with Crippen molar-refractivity contribution in [3.63, 3.8) is 0 Å². The summed E-state index contributed by atoms with van der Waals surface area (Å²) in [6.07, 6.45) is 1.66. The van der Waals surface area contributed by atoms with Gasteiger partial charge in [-0.1, -0.05) is 12.1 Å². The van der Waals surface area contributed by atoms with E-state index in [1.54, 1.807) is 17.2 Å². The molecule has 0 saturated heterocycles. The van der Waals surface area contributed by atoms with Crippen molar-refractivity contribution >= 4 is 11.6 Å². The van der Waals surface area contributed by atoms with Gasteiger partial charge in [0.25, 0.3) is 5.91 Å². The average Bonchev–Trinajstić information content (AvgIpc) is 2.44. The fraction of sp³-hybridized carbons (Fsp3) is 0.250. The zero-order chi connectivity index (χ0) is 14.5. The first-order chi connectivity index (χ1) is 9.60. The first kappa shape index (κ1) is 14.1. The Kier molecular flexibility index (Phi) is 4.35. The summed E-state index contributed by atoms with van der Waals surface area (Å²) in [4.78, 5) is 18.4. The fourth-order valence-corrected chi connectivity index (χ4v) is 2.10. The quantitative estimate of drug-likeness (QED) is 0.868. The minimum absolute atomic E-state index is 0.0143. The van der Waals surface area contributed by atoms with Crippen molar-refractivity contribution in [3.05, 3.63) is 59.4 Å². The number of amides is 1. The Morgan fingerprint density at radius 1 is 1.30 bits per heavy atom. The van der Waals surface area contributed by atoms with Crippen molar-refractivity contribution < 1.29 is 4.79 Å². The summed E-state index contributed by atoms with van der Waals surface area (Å²) in [7, 11) is 0. The summed E-state index contributed by atoms with van der Waals surface area (Å²) in [6, 6.07) is 11.2. The smallest absolute Gasteiger partial charge is 0.254 e. The number of nitrogens with zero attached hydrogens (tertiary/aromatic N) is 2. The number of anilines is 1. The Bertz CT molecular complexity index is 610. The second kappa shape index (κ2) is 6.19. The van der Waals surface area contributed by atoms with Crippen LogP contribution in [-0.4, -0.2) is 22.3 Å². The highest BCUT2D eigenvalue weighted by Gasteiger charge is 2.14. The normalized spacial score (nSPS) is 10.3. The maximum Gasteiger partial charge on any atom is 0.254 e. The van der Waals surface area contributed by atoms with E-state index in [1.165, 1.54) is 0 Å². The number of nitrogen functional groups attached to an aromatic ring is 1. The van der Waals surface area contributed by atoms with E-state index >= 15 is 0 Å². The van der Waals surface area contributed by atoms with E-state index in [1.807, 2.05) is 44.2 Å². The molecule has 0 fully saturated rings. The van der Waals surface area contributed by atoms with Gasteiger partial charge in [-0.05, 0) is 43.7 Å². The van der Waals surface area contributed by atoms with Gasteiger partial charge in [0.15, 0.2) is 0 Å². The van der Waals surface area contributed by atoms with Crippen molar-refractivity contribution in [2.45, 2.75) is 20.4 Å². The van der Waals surface area contributed by atoms with Gasteiger partial charge in [-0.15, -0.1) is 0 Å². The van der Waals surface area contributed by atoms with E-state index < -0.39 is 0 Å². The van der Waals surface area contributed by atoms with Gasteiger partial charge in [-0.3, -0.25) is 9.78 Å². The molecule has 0 spiro atoms. The molecule has 0 saturated carbocycles. The second-order valence-electron chi connectivity index (χ2n) is 4.75. The first-order valence-corrected chi connectivity index (χ1v) is 6.66. The zero-order valence-electron chi connectivity index (χ0n) is 11.8. The maximum atomic E-state index is 12.5.